The van der Waals surface area contributed by atoms with Gasteiger partial charge in [-0.3, -0.25) is 4.79 Å². The number of ether oxygens (including phenoxy) is 1. The van der Waals surface area contributed by atoms with Crippen LogP contribution in [0.1, 0.15) is 20.7 Å². The first-order valence-electron chi connectivity index (χ1n) is 10.7. The minimum Gasteiger partial charge on any atom is -0.454 e. The van der Waals surface area contributed by atoms with Crippen LogP contribution >= 0.6 is 15.9 Å². The van der Waals surface area contributed by atoms with Crippen molar-refractivity contribution in [1.82, 2.24) is 4.31 Å². The second-order valence-corrected chi connectivity index (χ2v) is 10.5. The van der Waals surface area contributed by atoms with E-state index in [9.17, 15) is 18.0 Å². The summed E-state index contributed by atoms with van der Waals surface area (Å²) in [7, 11) is -3.78. The van der Waals surface area contributed by atoms with Gasteiger partial charge in [-0.1, -0.05) is 58.4 Å². The summed E-state index contributed by atoms with van der Waals surface area (Å²) in [6.45, 7) is 1.38. The first-order valence-corrected chi connectivity index (χ1v) is 12.9. The molecule has 3 aromatic rings. The van der Waals surface area contributed by atoms with Gasteiger partial charge in [0.15, 0.2) is 6.61 Å². The lowest BCUT2D eigenvalue weighted by atomic mass is 10.1. The lowest BCUT2D eigenvalue weighted by Gasteiger charge is -2.35. The van der Waals surface area contributed by atoms with Crippen molar-refractivity contribution in [2.45, 2.75) is 4.90 Å². The summed E-state index contributed by atoms with van der Waals surface area (Å²) in [5, 5.41) is 0. The molecule has 0 amide bonds. The average Bonchev–Trinajstić information content (AvgIpc) is 2.88. The first kappa shape index (κ1) is 24.1. The summed E-state index contributed by atoms with van der Waals surface area (Å²) in [4.78, 5) is 27.0. The number of anilines is 1. The molecule has 4 rings (SSSR count). The van der Waals surface area contributed by atoms with Crippen LogP contribution in [0.2, 0.25) is 0 Å². The highest BCUT2D eigenvalue weighted by molar-refractivity contribution is 9.10. The number of carbonyl (C=O) groups excluding carboxylic acids is 2. The van der Waals surface area contributed by atoms with E-state index >= 15 is 0 Å². The largest absolute Gasteiger partial charge is 0.454 e. The highest BCUT2D eigenvalue weighted by Crippen LogP contribution is 2.22. The summed E-state index contributed by atoms with van der Waals surface area (Å²) in [5.41, 5.74) is 1.53. The van der Waals surface area contributed by atoms with Crippen molar-refractivity contribution in [1.29, 1.82) is 0 Å². The van der Waals surface area contributed by atoms with E-state index in [2.05, 4.69) is 20.8 Å². The number of nitrogens with zero attached hydrogens (tertiary/aromatic N) is 2. The molecule has 1 fully saturated rings. The maximum Gasteiger partial charge on any atom is 0.338 e. The number of piperazine rings is 1. The standard InChI is InChI=1S/C25H23BrN2O5S/c26-23-12-5-4-11-22(23)24(29)18-33-25(30)19-7-6-10-21(17-19)34(31,32)28-15-13-27(14-16-28)20-8-2-1-3-9-20/h1-12,17H,13-16,18H2. The van der Waals surface area contributed by atoms with Crippen LogP contribution in [0.15, 0.2) is 88.2 Å². The van der Waals surface area contributed by atoms with Crippen molar-refractivity contribution in [3.63, 3.8) is 0 Å². The molecule has 0 bridgehead atoms. The molecular formula is C25H23BrN2O5S. The number of hydrogen-bond donors (Lipinski definition) is 0. The van der Waals surface area contributed by atoms with Crippen molar-refractivity contribution >= 4 is 43.4 Å². The number of para-hydroxylation sites is 1. The SMILES string of the molecule is O=C(OCC(=O)c1ccccc1Br)c1cccc(S(=O)(=O)N2CCN(c3ccccc3)CC2)c1. The topological polar surface area (TPSA) is 84.0 Å². The third kappa shape index (κ3) is 5.38. The number of benzene rings is 3. The van der Waals surface area contributed by atoms with E-state index in [1.165, 1.54) is 28.6 Å². The molecule has 1 aliphatic rings. The molecule has 0 aromatic heterocycles. The third-order valence-corrected chi connectivity index (χ3v) is 8.16. The van der Waals surface area contributed by atoms with Gasteiger partial charge in [-0.05, 0) is 36.4 Å². The lowest BCUT2D eigenvalue weighted by Crippen LogP contribution is -2.48. The second kappa shape index (κ2) is 10.5. The maximum atomic E-state index is 13.2. The van der Waals surface area contributed by atoms with E-state index in [-0.39, 0.29) is 16.2 Å². The Labute approximate surface area is 207 Å². The molecule has 0 spiro atoms. The molecule has 0 N–H and O–H groups in total. The molecule has 176 valence electrons. The number of rotatable bonds is 7. The van der Waals surface area contributed by atoms with Gasteiger partial charge in [0.1, 0.15) is 0 Å². The minimum atomic E-state index is -3.78. The van der Waals surface area contributed by atoms with Crippen LogP contribution in [0.4, 0.5) is 5.69 Å². The highest BCUT2D eigenvalue weighted by Gasteiger charge is 2.29. The fourth-order valence-corrected chi connectivity index (χ4v) is 5.71. The van der Waals surface area contributed by atoms with Crippen LogP contribution in [0.3, 0.4) is 0 Å². The van der Waals surface area contributed by atoms with E-state index in [0.717, 1.165) is 5.69 Å². The summed E-state index contributed by atoms with van der Waals surface area (Å²) in [6, 6.07) is 22.4. The molecule has 0 atom stereocenters. The molecule has 34 heavy (non-hydrogen) atoms. The zero-order chi connectivity index (χ0) is 24.1. The summed E-state index contributed by atoms with van der Waals surface area (Å²) >= 11 is 3.30. The van der Waals surface area contributed by atoms with E-state index in [1.54, 1.807) is 24.3 Å². The number of halogens is 1. The molecule has 0 radical (unpaired) electrons. The van der Waals surface area contributed by atoms with Crippen molar-refractivity contribution in [2.24, 2.45) is 0 Å². The molecule has 0 saturated carbocycles. The molecule has 7 nitrogen and oxygen atoms in total. The Bertz CT molecular complexity index is 1290. The van der Waals surface area contributed by atoms with Gasteiger partial charge in [0.25, 0.3) is 0 Å². The summed E-state index contributed by atoms with van der Waals surface area (Å²) in [5.74, 6) is -1.12. The Kier molecular flexibility index (Phi) is 7.45. The van der Waals surface area contributed by atoms with Crippen LogP contribution in [-0.2, 0) is 14.8 Å². The van der Waals surface area contributed by atoms with E-state index < -0.39 is 22.6 Å². The fraction of sp³-hybridized carbons (Fsp3) is 0.200. The maximum absolute atomic E-state index is 13.2. The van der Waals surface area contributed by atoms with Crippen LogP contribution in [0.5, 0.6) is 0 Å². The van der Waals surface area contributed by atoms with Gasteiger partial charge in [-0.25, -0.2) is 13.2 Å². The number of Topliss-reactive ketones (excluding diaryl/α,β-unsaturated/α-hetero) is 1. The molecule has 0 aliphatic carbocycles. The monoisotopic (exact) mass is 542 g/mol. The highest BCUT2D eigenvalue weighted by atomic mass is 79.9. The predicted octanol–water partition coefficient (Wildman–Crippen LogP) is 4.00. The van der Waals surface area contributed by atoms with E-state index in [0.29, 0.717) is 36.2 Å². The Morgan fingerprint density at radius 1 is 0.853 bits per heavy atom. The molecule has 0 unspecified atom stereocenters. The van der Waals surface area contributed by atoms with Gasteiger partial charge in [-0.2, -0.15) is 4.31 Å². The van der Waals surface area contributed by atoms with Crippen molar-refractivity contribution in [3.8, 4) is 0 Å². The molecule has 1 aliphatic heterocycles. The molecule has 1 saturated heterocycles. The van der Waals surface area contributed by atoms with Gasteiger partial charge in [0.05, 0.1) is 10.5 Å². The molecule has 9 heteroatoms. The number of carbonyl (C=O) groups is 2. The van der Waals surface area contributed by atoms with Crippen LogP contribution in [0.25, 0.3) is 0 Å². The number of sulfonamides is 1. The van der Waals surface area contributed by atoms with Crippen molar-refractivity contribution in [2.75, 3.05) is 37.7 Å². The van der Waals surface area contributed by atoms with E-state index in [1.807, 2.05) is 30.3 Å². The normalized spacial score (nSPS) is 14.6. The van der Waals surface area contributed by atoms with Gasteiger partial charge in [0.2, 0.25) is 15.8 Å². The van der Waals surface area contributed by atoms with Gasteiger partial charge < -0.3 is 9.64 Å². The summed E-state index contributed by atoms with van der Waals surface area (Å²) in [6.07, 6.45) is 0. The Hall–Kier alpha value is -3.01. The first-order chi connectivity index (χ1) is 16.4. The van der Waals surface area contributed by atoms with Crippen molar-refractivity contribution < 1.29 is 22.7 Å². The zero-order valence-corrected chi connectivity index (χ0v) is 20.7. The number of hydrogen-bond acceptors (Lipinski definition) is 6. The van der Waals surface area contributed by atoms with Crippen LogP contribution < -0.4 is 4.90 Å². The van der Waals surface area contributed by atoms with Gasteiger partial charge in [0, 0.05) is 41.9 Å². The van der Waals surface area contributed by atoms with Crippen molar-refractivity contribution in [3.05, 3.63) is 94.5 Å². The Balaban J connectivity index is 1.40. The molecule has 3 aromatic carbocycles. The Morgan fingerprint density at radius 2 is 1.53 bits per heavy atom. The van der Waals surface area contributed by atoms with Crippen LogP contribution in [-0.4, -0.2) is 57.3 Å². The predicted molar refractivity (Wildman–Crippen MR) is 133 cm³/mol. The second-order valence-electron chi connectivity index (χ2n) is 7.73. The summed E-state index contributed by atoms with van der Waals surface area (Å²) < 4.78 is 33.6. The van der Waals surface area contributed by atoms with Gasteiger partial charge >= 0.3 is 5.97 Å². The number of ketones is 1. The van der Waals surface area contributed by atoms with Gasteiger partial charge in [-0.15, -0.1) is 0 Å². The zero-order valence-electron chi connectivity index (χ0n) is 18.3. The smallest absolute Gasteiger partial charge is 0.338 e. The average molecular weight is 543 g/mol. The van der Waals surface area contributed by atoms with E-state index in [4.69, 9.17) is 4.74 Å². The van der Waals surface area contributed by atoms with Crippen LogP contribution in [0, 0.1) is 0 Å². The Morgan fingerprint density at radius 3 is 2.24 bits per heavy atom. The fourth-order valence-electron chi connectivity index (χ4n) is 3.74. The minimum absolute atomic E-state index is 0.0206. The number of esters is 1. The quantitative estimate of drug-likeness (QED) is 0.331. The lowest BCUT2D eigenvalue weighted by molar-refractivity contribution is 0.0474. The molecule has 1 heterocycles. The third-order valence-electron chi connectivity index (χ3n) is 5.58. The molecular weight excluding hydrogens is 520 g/mol.